The van der Waals surface area contributed by atoms with E-state index in [1.165, 1.54) is 11.8 Å². The molecule has 2 aliphatic rings. The third kappa shape index (κ3) is 11.6. The van der Waals surface area contributed by atoms with Crippen molar-refractivity contribution < 1.29 is 42.3 Å². The molecule has 1 fully saturated rings. The Balaban J connectivity index is 1.67. The number of hydrogen-bond donors (Lipinski definition) is 1. The molecule has 2 aliphatic heterocycles. The highest BCUT2D eigenvalue weighted by Gasteiger charge is 2.57. The first kappa shape index (κ1) is 44.7. The Hall–Kier alpha value is -3.43. The minimum atomic E-state index is -2.19. The van der Waals surface area contributed by atoms with E-state index in [9.17, 15) is 18.9 Å². The number of carbonyl (C=O) groups is 3. The van der Waals surface area contributed by atoms with E-state index < -0.39 is 78.2 Å². The molecule has 1 saturated heterocycles. The van der Waals surface area contributed by atoms with Gasteiger partial charge in [-0.1, -0.05) is 94.4 Å². The first-order valence-electron chi connectivity index (χ1n) is 19.4. The van der Waals surface area contributed by atoms with Crippen molar-refractivity contribution in [2.24, 2.45) is 5.92 Å². The Kier molecular flexibility index (Phi) is 15.0. The summed E-state index contributed by atoms with van der Waals surface area (Å²) in [5.41, 5.74) is -0.141. The lowest BCUT2D eigenvalue weighted by molar-refractivity contribution is -0.207. The number of nitrogens with one attached hydrogen (secondary N) is 1. The summed E-state index contributed by atoms with van der Waals surface area (Å²) in [7, 11) is -2.19. The smallest absolute Gasteiger partial charge is 0.338 e. The van der Waals surface area contributed by atoms with Gasteiger partial charge in [-0.15, -0.1) is 16.5 Å². The molecule has 57 heavy (non-hydrogen) atoms. The minimum absolute atomic E-state index is 0.0353. The summed E-state index contributed by atoms with van der Waals surface area (Å²) >= 11 is -0.172. The van der Waals surface area contributed by atoms with E-state index in [2.05, 4.69) is 44.7 Å². The molecule has 1 N–H and O–H groups in total. The van der Waals surface area contributed by atoms with Crippen LogP contribution < -0.4 is 4.72 Å². The lowest BCUT2D eigenvalue weighted by atomic mass is 9.87. The molecule has 1 unspecified atom stereocenters. The van der Waals surface area contributed by atoms with Gasteiger partial charge in [0.2, 0.25) is 0 Å². The Morgan fingerprint density at radius 1 is 0.772 bits per heavy atom. The van der Waals surface area contributed by atoms with Crippen LogP contribution in [0.5, 0.6) is 0 Å². The van der Waals surface area contributed by atoms with Crippen molar-refractivity contribution in [3.63, 3.8) is 0 Å². The van der Waals surface area contributed by atoms with Crippen molar-refractivity contribution in [3.8, 4) is 0 Å². The number of esters is 3. The zero-order valence-electron chi connectivity index (χ0n) is 34.3. The Labute approximate surface area is 346 Å². The summed E-state index contributed by atoms with van der Waals surface area (Å²) in [5.74, 6) is -2.38. The van der Waals surface area contributed by atoms with Gasteiger partial charge >= 0.3 is 17.9 Å². The molecule has 2 heterocycles. The summed E-state index contributed by atoms with van der Waals surface area (Å²) in [6, 6.07) is 24.7. The van der Waals surface area contributed by atoms with Crippen LogP contribution in [0.2, 0.25) is 18.1 Å². The molecule has 0 aliphatic carbocycles. The standard InChI is InChI=1S/C44H57NO9S2Si/c1-29-20-19-27-33(28-50-57(8,9)44(5,6)7)55-42-38(53-41(48)32-25-17-12-18-26-32)37(52-40(47)31-23-15-11-16-24-31)36(51-39(46)30-21-13-10-14-22-30)35(54-42)34(29)45-56(49)43(2,3)4/h10-26,29,33-38,42,45H,27-28H2,1-9H3/b20-19-/t29-,33+,34-,35-,36+,37+,38-,42-,56?/m1/s1. The molecule has 0 aromatic heterocycles. The van der Waals surface area contributed by atoms with Crippen LogP contribution >= 0.6 is 11.8 Å². The highest BCUT2D eigenvalue weighted by Crippen LogP contribution is 2.42. The summed E-state index contributed by atoms with van der Waals surface area (Å²) in [6.07, 6.45) is -0.269. The van der Waals surface area contributed by atoms with Gasteiger partial charge in [-0.3, -0.25) is 0 Å². The van der Waals surface area contributed by atoms with Gasteiger partial charge in [-0.2, -0.15) is 0 Å². The molecule has 0 saturated carbocycles. The van der Waals surface area contributed by atoms with Gasteiger partial charge in [0, 0.05) is 23.2 Å². The number of allylic oxidation sites excluding steroid dienone is 1. The van der Waals surface area contributed by atoms with Crippen molar-refractivity contribution in [2.75, 3.05) is 6.61 Å². The predicted octanol–water partition coefficient (Wildman–Crippen LogP) is 8.53. The van der Waals surface area contributed by atoms with Gasteiger partial charge in [0.25, 0.3) is 0 Å². The highest BCUT2D eigenvalue weighted by molar-refractivity contribution is 8.00. The fraction of sp³-hybridized carbons (Fsp3) is 0.477. The molecule has 3 aromatic rings. The maximum atomic E-state index is 14.1. The topological polar surface area (TPSA) is 132 Å². The van der Waals surface area contributed by atoms with Crippen molar-refractivity contribution >= 4 is 49.3 Å². The van der Waals surface area contributed by atoms with Crippen molar-refractivity contribution in [2.45, 2.75) is 119 Å². The molecule has 9 atom stereocenters. The zero-order chi connectivity index (χ0) is 41.5. The highest BCUT2D eigenvalue weighted by atomic mass is 32.2. The minimum Gasteiger partial charge on any atom is -0.598 e. The van der Waals surface area contributed by atoms with Crippen LogP contribution in [0.1, 0.15) is 86.0 Å². The molecule has 308 valence electrons. The van der Waals surface area contributed by atoms with Crippen LogP contribution in [0.4, 0.5) is 0 Å². The molecular weight excluding hydrogens is 779 g/mol. The van der Waals surface area contributed by atoms with E-state index in [4.69, 9.17) is 23.4 Å². The van der Waals surface area contributed by atoms with Gasteiger partial charge in [-0.05, 0) is 87.6 Å². The second-order valence-corrected chi connectivity index (χ2v) is 25.3. The maximum Gasteiger partial charge on any atom is 0.338 e. The second kappa shape index (κ2) is 19.1. The fourth-order valence-corrected chi connectivity index (χ4v) is 9.56. The number of fused-ring (bicyclic) bond motifs is 2. The normalized spacial score (nSPS) is 26.7. The van der Waals surface area contributed by atoms with Gasteiger partial charge in [0.15, 0.2) is 26.6 Å². The Bertz CT molecular complexity index is 1820. The Morgan fingerprint density at radius 3 is 1.68 bits per heavy atom. The number of thioether (sulfide) groups is 1. The third-order valence-corrected chi connectivity index (χ3v) is 18.1. The van der Waals surface area contributed by atoms with Crippen LogP contribution in [-0.4, -0.2) is 83.3 Å². The zero-order valence-corrected chi connectivity index (χ0v) is 37.0. The van der Waals surface area contributed by atoms with Crippen molar-refractivity contribution in [1.82, 2.24) is 4.72 Å². The van der Waals surface area contributed by atoms with Crippen LogP contribution in [0, 0.1) is 5.92 Å². The lowest BCUT2D eigenvalue weighted by Gasteiger charge is -2.48. The summed E-state index contributed by atoms with van der Waals surface area (Å²) in [4.78, 5) is 42.1. The first-order chi connectivity index (χ1) is 26.9. The fourth-order valence-electron chi connectivity index (χ4n) is 6.13. The molecule has 10 nitrogen and oxygen atoms in total. The maximum absolute atomic E-state index is 14.1. The third-order valence-electron chi connectivity index (χ3n) is 10.6. The molecule has 0 spiro atoms. The molecule has 2 bridgehead atoms. The molecule has 0 amide bonds. The molecular formula is C44H57NO9S2Si. The van der Waals surface area contributed by atoms with E-state index >= 15 is 0 Å². The molecule has 3 aromatic carbocycles. The van der Waals surface area contributed by atoms with Crippen LogP contribution in [0.15, 0.2) is 103 Å². The van der Waals surface area contributed by atoms with Gasteiger partial charge < -0.3 is 27.9 Å². The van der Waals surface area contributed by atoms with E-state index in [1.807, 2.05) is 33.8 Å². The SMILES string of the molecule is C[C@@H]1/C=C\C[C@@H](CO[Si](C)(C)C(C)(C)C)S[C@H]2O[C@H]([C@@H]1N[S+]([O-])C(C)(C)C)[C@H](OC(=O)c1ccccc1)[C@H](OC(=O)c1ccccc1)[C@H]2OC(=O)c1ccccc1. The molecule has 13 heteroatoms. The van der Waals surface area contributed by atoms with Crippen LogP contribution in [-0.2, 0) is 34.7 Å². The van der Waals surface area contributed by atoms with Gasteiger partial charge in [0.1, 0.15) is 16.3 Å². The van der Waals surface area contributed by atoms with Gasteiger partial charge in [-0.25, -0.2) is 14.4 Å². The van der Waals surface area contributed by atoms with Crippen molar-refractivity contribution in [1.29, 1.82) is 0 Å². The first-order valence-corrected chi connectivity index (χ1v) is 24.4. The summed E-state index contributed by atoms with van der Waals surface area (Å²) in [5, 5.41) is -0.208. The summed E-state index contributed by atoms with van der Waals surface area (Å²) < 4.78 is 49.5. The average Bonchev–Trinajstić information content (AvgIpc) is 3.17. The van der Waals surface area contributed by atoms with Crippen LogP contribution in [0.25, 0.3) is 0 Å². The Morgan fingerprint density at radius 2 is 1.23 bits per heavy atom. The second-order valence-electron chi connectivity index (χ2n) is 17.1. The predicted molar refractivity (Wildman–Crippen MR) is 228 cm³/mol. The summed E-state index contributed by atoms with van der Waals surface area (Å²) in [6.45, 7) is 18.9. The molecule has 0 radical (unpaired) electrons. The van der Waals surface area contributed by atoms with Crippen LogP contribution in [0.3, 0.4) is 0 Å². The van der Waals surface area contributed by atoms with E-state index in [-0.39, 0.29) is 32.9 Å². The monoisotopic (exact) mass is 835 g/mol. The quantitative estimate of drug-likeness (QED) is 0.0656. The van der Waals surface area contributed by atoms with E-state index in [1.54, 1.807) is 91.0 Å². The number of carbonyl (C=O) groups excluding carboxylic acids is 3. The number of benzene rings is 3. The lowest BCUT2D eigenvalue weighted by Crippen LogP contribution is -2.67. The van der Waals surface area contributed by atoms with Gasteiger partial charge in [0.05, 0.1) is 22.7 Å². The van der Waals surface area contributed by atoms with Crippen molar-refractivity contribution in [3.05, 3.63) is 120 Å². The molecule has 5 rings (SSSR count). The van der Waals surface area contributed by atoms with E-state index in [0.717, 1.165) is 0 Å². The number of hydrogen-bond acceptors (Lipinski definition) is 11. The largest absolute Gasteiger partial charge is 0.598 e. The van der Waals surface area contributed by atoms with E-state index in [0.29, 0.717) is 13.0 Å². The average molecular weight is 836 g/mol. The number of ether oxygens (including phenoxy) is 4. The number of rotatable bonds is 11.